The van der Waals surface area contributed by atoms with E-state index < -0.39 is 0 Å². The third kappa shape index (κ3) is 4.45. The fraction of sp³-hybridized carbons (Fsp3) is 0.588. The average molecular weight is 286 g/mol. The van der Waals surface area contributed by atoms with Crippen LogP contribution < -0.4 is 10.2 Å². The van der Waals surface area contributed by atoms with Gasteiger partial charge >= 0.3 is 0 Å². The maximum atomic E-state index is 9.43. The normalized spacial score (nSPS) is 16.2. The number of anilines is 1. The highest BCUT2D eigenvalue weighted by Crippen LogP contribution is 2.22. The Bertz CT molecular complexity index is 496. The molecule has 4 nitrogen and oxygen atoms in total. The van der Waals surface area contributed by atoms with Crippen LogP contribution in [0.25, 0.3) is 0 Å². The van der Waals surface area contributed by atoms with Crippen molar-refractivity contribution < 1.29 is 0 Å². The number of nitrogens with one attached hydrogen (secondary N) is 1. The molecule has 0 amide bonds. The van der Waals surface area contributed by atoms with Crippen molar-refractivity contribution in [1.29, 1.82) is 5.26 Å². The number of nitrogens with zero attached hydrogens (tertiary/aromatic N) is 3. The molecule has 1 aromatic carbocycles. The second-order valence-corrected chi connectivity index (χ2v) is 6.28. The summed E-state index contributed by atoms with van der Waals surface area (Å²) in [7, 11) is 2.14. The van der Waals surface area contributed by atoms with Crippen molar-refractivity contribution in [2.75, 3.05) is 44.7 Å². The van der Waals surface area contributed by atoms with Gasteiger partial charge in [-0.05, 0) is 37.2 Å². The highest BCUT2D eigenvalue weighted by atomic mass is 15.2. The molecule has 21 heavy (non-hydrogen) atoms. The van der Waals surface area contributed by atoms with E-state index in [9.17, 15) is 5.26 Å². The van der Waals surface area contributed by atoms with E-state index in [1.807, 2.05) is 6.07 Å². The number of benzene rings is 1. The van der Waals surface area contributed by atoms with Crippen LogP contribution in [0.1, 0.15) is 25.0 Å². The number of nitriles is 1. The van der Waals surface area contributed by atoms with E-state index >= 15 is 0 Å². The van der Waals surface area contributed by atoms with Crippen LogP contribution in [0.3, 0.4) is 0 Å². The molecule has 1 aliphatic heterocycles. The Morgan fingerprint density at radius 2 is 1.95 bits per heavy atom. The van der Waals surface area contributed by atoms with Crippen LogP contribution in [0.2, 0.25) is 0 Å². The molecule has 1 saturated heterocycles. The van der Waals surface area contributed by atoms with Gasteiger partial charge < -0.3 is 15.1 Å². The van der Waals surface area contributed by atoms with Crippen molar-refractivity contribution >= 4 is 5.69 Å². The molecule has 1 aliphatic rings. The predicted octanol–water partition coefficient (Wildman–Crippen LogP) is 2.06. The summed E-state index contributed by atoms with van der Waals surface area (Å²) in [5.41, 5.74) is 3.06. The SMILES string of the molecule is CC(C)CNCc1ccc(N2CCN(C)CC2)c(C#N)c1. The summed E-state index contributed by atoms with van der Waals surface area (Å²) in [6, 6.07) is 8.64. The smallest absolute Gasteiger partial charge is 0.101 e. The topological polar surface area (TPSA) is 42.3 Å². The number of rotatable bonds is 5. The Morgan fingerprint density at radius 1 is 1.24 bits per heavy atom. The first-order chi connectivity index (χ1) is 10.1. The largest absolute Gasteiger partial charge is 0.368 e. The molecule has 0 atom stereocenters. The molecule has 0 aliphatic carbocycles. The molecule has 2 rings (SSSR count). The molecule has 0 bridgehead atoms. The Hall–Kier alpha value is -1.57. The number of hydrogen-bond acceptors (Lipinski definition) is 4. The van der Waals surface area contributed by atoms with E-state index in [-0.39, 0.29) is 0 Å². The van der Waals surface area contributed by atoms with Crippen molar-refractivity contribution in [1.82, 2.24) is 10.2 Å². The van der Waals surface area contributed by atoms with Crippen molar-refractivity contribution in [3.8, 4) is 6.07 Å². The van der Waals surface area contributed by atoms with E-state index in [1.165, 1.54) is 5.56 Å². The van der Waals surface area contributed by atoms with E-state index in [4.69, 9.17) is 0 Å². The quantitative estimate of drug-likeness (QED) is 0.899. The monoisotopic (exact) mass is 286 g/mol. The molecule has 1 heterocycles. The lowest BCUT2D eigenvalue weighted by Gasteiger charge is -2.34. The Morgan fingerprint density at radius 3 is 2.57 bits per heavy atom. The van der Waals surface area contributed by atoms with Gasteiger partial charge in [-0.2, -0.15) is 5.26 Å². The molecule has 1 aromatic rings. The van der Waals surface area contributed by atoms with Gasteiger partial charge in [0.1, 0.15) is 6.07 Å². The third-order valence-corrected chi connectivity index (χ3v) is 3.91. The van der Waals surface area contributed by atoms with E-state index in [2.05, 4.69) is 54.2 Å². The Labute approximate surface area is 128 Å². The van der Waals surface area contributed by atoms with Gasteiger partial charge in [-0.1, -0.05) is 19.9 Å². The van der Waals surface area contributed by atoms with Crippen LogP contribution >= 0.6 is 0 Å². The highest BCUT2D eigenvalue weighted by Gasteiger charge is 2.17. The van der Waals surface area contributed by atoms with Crippen molar-refractivity contribution in [3.63, 3.8) is 0 Å². The van der Waals surface area contributed by atoms with Crippen LogP contribution in [0, 0.1) is 17.2 Å². The molecule has 0 spiro atoms. The lowest BCUT2D eigenvalue weighted by Crippen LogP contribution is -2.44. The minimum atomic E-state index is 0.644. The Kier molecular flexibility index (Phi) is 5.60. The zero-order valence-corrected chi connectivity index (χ0v) is 13.4. The maximum Gasteiger partial charge on any atom is 0.101 e. The lowest BCUT2D eigenvalue weighted by molar-refractivity contribution is 0.313. The van der Waals surface area contributed by atoms with Crippen molar-refractivity contribution in [2.24, 2.45) is 5.92 Å². The van der Waals surface area contributed by atoms with Crippen LogP contribution in [0.5, 0.6) is 0 Å². The van der Waals surface area contributed by atoms with Crippen LogP contribution in [-0.4, -0.2) is 44.7 Å². The summed E-state index contributed by atoms with van der Waals surface area (Å²) in [4.78, 5) is 4.65. The van der Waals surface area contributed by atoms with Gasteiger partial charge in [0.2, 0.25) is 0 Å². The fourth-order valence-corrected chi connectivity index (χ4v) is 2.61. The lowest BCUT2D eigenvalue weighted by atomic mass is 10.1. The standard InChI is InChI=1S/C17H26N4/c1-14(2)12-19-13-15-4-5-17(16(10-15)11-18)21-8-6-20(3)7-9-21/h4-5,10,14,19H,6-9,12-13H2,1-3H3. The van der Waals surface area contributed by atoms with Gasteiger partial charge in [-0.25, -0.2) is 0 Å². The molecule has 0 radical (unpaired) electrons. The maximum absolute atomic E-state index is 9.43. The molecule has 1 N–H and O–H groups in total. The molecule has 114 valence electrons. The first kappa shape index (κ1) is 15.8. The van der Waals surface area contributed by atoms with Gasteiger partial charge in [0.25, 0.3) is 0 Å². The van der Waals surface area contributed by atoms with Gasteiger partial charge in [-0.3, -0.25) is 0 Å². The Balaban J connectivity index is 2.04. The molecule has 1 fully saturated rings. The zero-order valence-electron chi connectivity index (χ0n) is 13.4. The van der Waals surface area contributed by atoms with E-state index in [0.29, 0.717) is 5.92 Å². The van der Waals surface area contributed by atoms with Crippen LogP contribution in [0.15, 0.2) is 18.2 Å². The summed E-state index contributed by atoms with van der Waals surface area (Å²) in [6.07, 6.45) is 0. The molecule has 4 heteroatoms. The fourth-order valence-electron chi connectivity index (χ4n) is 2.61. The zero-order chi connectivity index (χ0) is 15.2. The van der Waals surface area contributed by atoms with E-state index in [0.717, 1.165) is 50.5 Å². The molecule has 0 aromatic heterocycles. The summed E-state index contributed by atoms with van der Waals surface area (Å²) in [5, 5.41) is 12.9. The highest BCUT2D eigenvalue weighted by molar-refractivity contribution is 5.60. The van der Waals surface area contributed by atoms with Crippen LogP contribution in [-0.2, 0) is 6.54 Å². The molecule has 0 unspecified atom stereocenters. The summed E-state index contributed by atoms with van der Waals surface area (Å²) in [5.74, 6) is 0.644. The summed E-state index contributed by atoms with van der Waals surface area (Å²) in [6.45, 7) is 10.3. The van der Waals surface area contributed by atoms with Crippen molar-refractivity contribution in [2.45, 2.75) is 20.4 Å². The van der Waals surface area contributed by atoms with Gasteiger partial charge in [0, 0.05) is 32.7 Å². The van der Waals surface area contributed by atoms with E-state index in [1.54, 1.807) is 0 Å². The number of hydrogen-bond donors (Lipinski definition) is 1. The van der Waals surface area contributed by atoms with Gasteiger partial charge in [0.15, 0.2) is 0 Å². The summed E-state index contributed by atoms with van der Waals surface area (Å²) >= 11 is 0. The number of piperazine rings is 1. The van der Waals surface area contributed by atoms with Gasteiger partial charge in [0.05, 0.1) is 11.3 Å². The van der Waals surface area contributed by atoms with Gasteiger partial charge in [-0.15, -0.1) is 0 Å². The third-order valence-electron chi connectivity index (χ3n) is 3.91. The van der Waals surface area contributed by atoms with Crippen molar-refractivity contribution in [3.05, 3.63) is 29.3 Å². The predicted molar refractivity (Wildman–Crippen MR) is 87.4 cm³/mol. The first-order valence-corrected chi connectivity index (χ1v) is 7.77. The minimum absolute atomic E-state index is 0.644. The van der Waals surface area contributed by atoms with Crippen LogP contribution in [0.4, 0.5) is 5.69 Å². The first-order valence-electron chi connectivity index (χ1n) is 7.77. The molecular weight excluding hydrogens is 260 g/mol. The molecular formula is C17H26N4. The molecule has 0 saturated carbocycles. The minimum Gasteiger partial charge on any atom is -0.368 e. The average Bonchev–Trinajstić information content (AvgIpc) is 2.48. The summed E-state index contributed by atoms with van der Waals surface area (Å²) < 4.78 is 0. The number of likely N-dealkylation sites (N-methyl/N-ethyl adjacent to an activating group) is 1. The second kappa shape index (κ2) is 7.44. The second-order valence-electron chi connectivity index (χ2n) is 6.28.